The number of esters is 3. The minimum absolute atomic E-state index is 0.0168. The molecule has 4 atom stereocenters. The molecule has 13 nitrogen and oxygen atoms in total. The van der Waals surface area contributed by atoms with Crippen molar-refractivity contribution in [3.05, 3.63) is 16.7 Å². The van der Waals surface area contributed by atoms with Crippen LogP contribution >= 0.6 is 0 Å². The maximum Gasteiger partial charge on any atom is 0.303 e. The Bertz CT molecular complexity index is 1010. The summed E-state index contributed by atoms with van der Waals surface area (Å²) in [6, 6.07) is 0. The number of hydrogen-bond donors (Lipinski definition) is 2. The van der Waals surface area contributed by atoms with Gasteiger partial charge >= 0.3 is 17.9 Å². The monoisotopic (exact) mass is 409 g/mol. The van der Waals surface area contributed by atoms with Gasteiger partial charge in [0.25, 0.3) is 5.56 Å². The number of nitrogen functional groups attached to an aromatic ring is 1. The number of H-pyrrole nitrogens is 1. The molecular weight excluding hydrogens is 390 g/mol. The van der Waals surface area contributed by atoms with Crippen LogP contribution in [0, 0.1) is 0 Å². The predicted molar refractivity (Wildman–Crippen MR) is 94.2 cm³/mol. The van der Waals surface area contributed by atoms with E-state index in [1.54, 1.807) is 0 Å². The first-order valence-corrected chi connectivity index (χ1v) is 8.53. The minimum atomic E-state index is -1.13. The first-order chi connectivity index (χ1) is 13.7. The highest BCUT2D eigenvalue weighted by Gasteiger charge is 2.51. The number of nitrogens with two attached hydrogens (primary N) is 1. The number of imidazole rings is 1. The molecule has 3 heterocycles. The smallest absolute Gasteiger partial charge is 0.303 e. The molecule has 2 aromatic rings. The molecule has 3 N–H and O–H groups in total. The van der Waals surface area contributed by atoms with Crippen LogP contribution in [0.3, 0.4) is 0 Å². The van der Waals surface area contributed by atoms with E-state index < -0.39 is 48.0 Å². The summed E-state index contributed by atoms with van der Waals surface area (Å²) in [7, 11) is 0. The normalized spacial score (nSPS) is 23.7. The predicted octanol–water partition coefficient (Wildman–Crippen LogP) is -0.974. The lowest BCUT2D eigenvalue weighted by Gasteiger charge is -2.23. The van der Waals surface area contributed by atoms with Crippen molar-refractivity contribution in [2.75, 3.05) is 12.3 Å². The molecule has 0 saturated carbocycles. The second kappa shape index (κ2) is 7.87. The molecule has 29 heavy (non-hydrogen) atoms. The van der Waals surface area contributed by atoms with Gasteiger partial charge in [-0.2, -0.15) is 4.98 Å². The van der Waals surface area contributed by atoms with Crippen molar-refractivity contribution in [3.8, 4) is 0 Å². The third-order valence-electron chi connectivity index (χ3n) is 4.07. The maximum atomic E-state index is 12.0. The average Bonchev–Trinajstić information content (AvgIpc) is 3.15. The molecule has 2 aromatic heterocycles. The zero-order valence-corrected chi connectivity index (χ0v) is 15.8. The third kappa shape index (κ3) is 4.18. The van der Waals surface area contributed by atoms with Gasteiger partial charge in [-0.15, -0.1) is 0 Å². The number of fused-ring (bicyclic) bond motifs is 1. The van der Waals surface area contributed by atoms with Crippen molar-refractivity contribution in [1.29, 1.82) is 0 Å². The summed E-state index contributed by atoms with van der Waals surface area (Å²) in [5.74, 6) is -2.04. The first-order valence-electron chi connectivity index (χ1n) is 8.53. The molecule has 0 radical (unpaired) electrons. The van der Waals surface area contributed by atoms with E-state index in [0.717, 1.165) is 0 Å². The van der Waals surface area contributed by atoms with Crippen molar-refractivity contribution >= 4 is 35.0 Å². The van der Waals surface area contributed by atoms with Gasteiger partial charge in [-0.3, -0.25) is 28.7 Å². The molecule has 2 unspecified atom stereocenters. The number of anilines is 1. The van der Waals surface area contributed by atoms with Crippen LogP contribution in [0.1, 0.15) is 27.0 Å². The molecule has 3 rings (SSSR count). The van der Waals surface area contributed by atoms with E-state index in [4.69, 9.17) is 24.7 Å². The van der Waals surface area contributed by atoms with Crippen molar-refractivity contribution in [2.24, 2.45) is 0 Å². The number of hydrogen-bond acceptors (Lipinski definition) is 11. The van der Waals surface area contributed by atoms with Gasteiger partial charge in [0.15, 0.2) is 29.6 Å². The van der Waals surface area contributed by atoms with E-state index in [9.17, 15) is 19.2 Å². The van der Waals surface area contributed by atoms with E-state index in [0.29, 0.717) is 0 Å². The second-order valence-corrected chi connectivity index (χ2v) is 6.29. The molecule has 1 aliphatic heterocycles. The number of aromatic nitrogens is 4. The number of aromatic amines is 1. The van der Waals surface area contributed by atoms with Crippen molar-refractivity contribution < 1.29 is 33.3 Å². The Morgan fingerprint density at radius 2 is 1.83 bits per heavy atom. The maximum absolute atomic E-state index is 12.0. The van der Waals surface area contributed by atoms with Gasteiger partial charge in [-0.05, 0) is 0 Å². The Balaban J connectivity index is 2.05. The molecule has 1 saturated heterocycles. The van der Waals surface area contributed by atoms with E-state index >= 15 is 0 Å². The lowest BCUT2D eigenvalue weighted by molar-refractivity contribution is -0.166. The van der Waals surface area contributed by atoms with Crippen LogP contribution in [-0.2, 0) is 33.3 Å². The quantitative estimate of drug-likeness (QED) is 0.458. The molecule has 13 heteroatoms. The molecule has 156 valence electrons. The standard InChI is InChI=1S/C16H19N5O8/c1-6(22)26-4-9-11(27-7(2)23)12(28-8(3)24)15(29-9)21-5-18-10-13(21)19-16(17)20-14(10)25/h5,9,11-12,15H,4H2,1-3H3,(H3,17,19,20,25)/t9?,11-,12-,15?/m1/s1. The Labute approximate surface area is 163 Å². The Morgan fingerprint density at radius 3 is 2.45 bits per heavy atom. The van der Waals surface area contributed by atoms with Crippen LogP contribution in [0.4, 0.5) is 5.95 Å². The van der Waals surface area contributed by atoms with E-state index in [1.165, 1.54) is 31.7 Å². The highest BCUT2D eigenvalue weighted by atomic mass is 16.7. The highest BCUT2D eigenvalue weighted by Crippen LogP contribution is 2.35. The Hall–Kier alpha value is -3.48. The Morgan fingerprint density at radius 1 is 1.17 bits per heavy atom. The fourth-order valence-corrected chi connectivity index (χ4v) is 3.05. The van der Waals surface area contributed by atoms with Gasteiger partial charge in [0, 0.05) is 20.8 Å². The summed E-state index contributed by atoms with van der Waals surface area (Å²) in [5, 5.41) is 0. The van der Waals surface area contributed by atoms with Gasteiger partial charge in [0.2, 0.25) is 5.95 Å². The minimum Gasteiger partial charge on any atom is -0.463 e. The number of rotatable bonds is 5. The van der Waals surface area contributed by atoms with E-state index in [-0.39, 0.29) is 23.7 Å². The summed E-state index contributed by atoms with van der Waals surface area (Å²) in [6.45, 7) is 3.30. The highest BCUT2D eigenvalue weighted by molar-refractivity contribution is 5.71. The van der Waals surface area contributed by atoms with Gasteiger partial charge < -0.3 is 24.7 Å². The van der Waals surface area contributed by atoms with Crippen molar-refractivity contribution in [3.63, 3.8) is 0 Å². The lowest BCUT2D eigenvalue weighted by Crippen LogP contribution is -2.40. The summed E-state index contributed by atoms with van der Waals surface area (Å²) in [5.41, 5.74) is 5.09. The summed E-state index contributed by atoms with van der Waals surface area (Å²) in [6.07, 6.45) is -2.99. The summed E-state index contributed by atoms with van der Waals surface area (Å²) < 4.78 is 22.8. The van der Waals surface area contributed by atoms with Crippen LogP contribution in [0.5, 0.6) is 0 Å². The van der Waals surface area contributed by atoms with Gasteiger partial charge in [0.05, 0.1) is 6.33 Å². The fourth-order valence-electron chi connectivity index (χ4n) is 3.05. The van der Waals surface area contributed by atoms with Crippen LogP contribution in [0.2, 0.25) is 0 Å². The molecule has 1 aliphatic rings. The summed E-state index contributed by atoms with van der Waals surface area (Å²) in [4.78, 5) is 56.9. The Kier molecular flexibility index (Phi) is 5.50. The second-order valence-electron chi connectivity index (χ2n) is 6.29. The molecule has 0 amide bonds. The van der Waals surface area contributed by atoms with Gasteiger partial charge in [-0.1, -0.05) is 0 Å². The lowest BCUT2D eigenvalue weighted by atomic mass is 10.1. The molecule has 0 spiro atoms. The number of nitrogens with one attached hydrogen (secondary N) is 1. The zero-order chi connectivity index (χ0) is 21.3. The molecular formula is C16H19N5O8. The fraction of sp³-hybridized carbons (Fsp3) is 0.500. The number of carbonyl (C=O) groups excluding carboxylic acids is 3. The third-order valence-corrected chi connectivity index (χ3v) is 4.07. The number of carbonyl (C=O) groups is 3. The molecule has 0 aromatic carbocycles. The van der Waals surface area contributed by atoms with Crippen LogP contribution in [-0.4, -0.2) is 62.3 Å². The van der Waals surface area contributed by atoms with Crippen LogP contribution in [0.25, 0.3) is 11.2 Å². The van der Waals surface area contributed by atoms with Crippen LogP contribution in [0.15, 0.2) is 11.1 Å². The summed E-state index contributed by atoms with van der Waals surface area (Å²) >= 11 is 0. The van der Waals surface area contributed by atoms with E-state index in [1.807, 2.05) is 0 Å². The van der Waals surface area contributed by atoms with Crippen molar-refractivity contribution in [1.82, 2.24) is 19.5 Å². The zero-order valence-electron chi connectivity index (χ0n) is 15.8. The topological polar surface area (TPSA) is 178 Å². The molecule has 1 fully saturated rings. The van der Waals surface area contributed by atoms with E-state index in [2.05, 4.69) is 15.0 Å². The SMILES string of the molecule is CC(=O)OCC1OC(n2cnc3c(=O)[nH]c(N)nc32)[C@H](OC(C)=O)[C@@H]1OC(C)=O. The first kappa shape index (κ1) is 20.3. The average molecular weight is 409 g/mol. The largest absolute Gasteiger partial charge is 0.463 e. The van der Waals surface area contributed by atoms with Gasteiger partial charge in [-0.25, -0.2) is 4.98 Å². The van der Waals surface area contributed by atoms with Gasteiger partial charge in [0.1, 0.15) is 12.7 Å². The number of nitrogens with zero attached hydrogens (tertiary/aromatic N) is 3. The molecule has 0 bridgehead atoms. The number of ether oxygens (including phenoxy) is 4. The van der Waals surface area contributed by atoms with Crippen molar-refractivity contribution in [2.45, 2.75) is 45.3 Å². The van der Waals surface area contributed by atoms with Crippen LogP contribution < -0.4 is 11.3 Å². The molecule has 0 aliphatic carbocycles.